The van der Waals surface area contributed by atoms with Crippen LogP contribution in [-0.4, -0.2) is 11.9 Å². The SMILES string of the molecule is Cc1ccc(Br)cc1NC(=O)CC(N)C(C)(C)C. The Kier molecular flexibility index (Phi) is 4.93. The monoisotopic (exact) mass is 312 g/mol. The fraction of sp³-hybridized carbons (Fsp3) is 0.500. The van der Waals surface area contributed by atoms with Crippen molar-refractivity contribution in [1.29, 1.82) is 0 Å². The molecule has 0 aromatic heterocycles. The number of hydrogen-bond donors (Lipinski definition) is 2. The summed E-state index contributed by atoms with van der Waals surface area (Å²) in [6.07, 6.45) is 0.329. The summed E-state index contributed by atoms with van der Waals surface area (Å²) in [6.45, 7) is 8.08. The smallest absolute Gasteiger partial charge is 0.225 e. The first kappa shape index (κ1) is 15.2. The van der Waals surface area contributed by atoms with Crippen LogP contribution in [0.1, 0.15) is 32.8 Å². The van der Waals surface area contributed by atoms with E-state index < -0.39 is 0 Å². The van der Waals surface area contributed by atoms with E-state index in [-0.39, 0.29) is 17.4 Å². The van der Waals surface area contributed by atoms with Crippen molar-refractivity contribution in [3.05, 3.63) is 28.2 Å². The van der Waals surface area contributed by atoms with Gasteiger partial charge >= 0.3 is 0 Å². The van der Waals surface area contributed by atoms with Crippen molar-refractivity contribution in [3.63, 3.8) is 0 Å². The first-order valence-corrected chi connectivity index (χ1v) is 6.81. The third-order valence-corrected chi connectivity index (χ3v) is 3.48. The first-order valence-electron chi connectivity index (χ1n) is 6.01. The molecule has 0 saturated heterocycles. The molecular formula is C14H21BrN2O. The Hall–Kier alpha value is -0.870. The number of carbonyl (C=O) groups is 1. The summed E-state index contributed by atoms with van der Waals surface area (Å²) < 4.78 is 0.948. The number of hydrogen-bond acceptors (Lipinski definition) is 2. The number of halogens is 1. The Labute approximate surface area is 117 Å². The van der Waals surface area contributed by atoms with E-state index in [0.717, 1.165) is 15.7 Å². The zero-order chi connectivity index (χ0) is 13.9. The van der Waals surface area contributed by atoms with E-state index in [0.29, 0.717) is 6.42 Å². The minimum Gasteiger partial charge on any atom is -0.327 e. The fourth-order valence-electron chi connectivity index (χ4n) is 1.44. The molecule has 3 nitrogen and oxygen atoms in total. The number of benzene rings is 1. The Bertz CT molecular complexity index is 438. The predicted molar refractivity (Wildman–Crippen MR) is 79.6 cm³/mol. The molecule has 0 saturated carbocycles. The summed E-state index contributed by atoms with van der Waals surface area (Å²) >= 11 is 3.39. The van der Waals surface area contributed by atoms with Gasteiger partial charge in [-0.25, -0.2) is 0 Å². The average Bonchev–Trinajstić information content (AvgIpc) is 2.22. The van der Waals surface area contributed by atoms with Crippen LogP contribution in [0.15, 0.2) is 22.7 Å². The third-order valence-electron chi connectivity index (χ3n) is 2.99. The summed E-state index contributed by atoms with van der Waals surface area (Å²) in [5.41, 5.74) is 7.80. The highest BCUT2D eigenvalue weighted by atomic mass is 79.9. The second-order valence-electron chi connectivity index (χ2n) is 5.68. The number of amides is 1. The van der Waals surface area contributed by atoms with Gasteiger partial charge in [0.1, 0.15) is 0 Å². The normalized spacial score (nSPS) is 13.2. The van der Waals surface area contributed by atoms with Crippen molar-refractivity contribution < 1.29 is 4.79 Å². The van der Waals surface area contributed by atoms with E-state index in [1.54, 1.807) is 0 Å². The second-order valence-corrected chi connectivity index (χ2v) is 6.60. The molecule has 0 spiro atoms. The number of anilines is 1. The maximum Gasteiger partial charge on any atom is 0.225 e. The quantitative estimate of drug-likeness (QED) is 0.898. The Balaban J connectivity index is 2.68. The molecule has 1 rings (SSSR count). The van der Waals surface area contributed by atoms with Crippen molar-refractivity contribution in [1.82, 2.24) is 0 Å². The minimum absolute atomic E-state index is 0.0429. The van der Waals surface area contributed by atoms with Gasteiger partial charge < -0.3 is 11.1 Å². The number of nitrogens with one attached hydrogen (secondary N) is 1. The van der Waals surface area contributed by atoms with Gasteiger partial charge in [-0.05, 0) is 30.0 Å². The summed E-state index contributed by atoms with van der Waals surface area (Å²) in [6, 6.07) is 5.66. The van der Waals surface area contributed by atoms with Crippen LogP contribution in [0.25, 0.3) is 0 Å². The van der Waals surface area contributed by atoms with Gasteiger partial charge in [-0.15, -0.1) is 0 Å². The van der Waals surface area contributed by atoms with Crippen molar-refractivity contribution >= 4 is 27.5 Å². The van der Waals surface area contributed by atoms with Crippen LogP contribution < -0.4 is 11.1 Å². The number of aryl methyl sites for hydroxylation is 1. The van der Waals surface area contributed by atoms with Crippen LogP contribution in [0.5, 0.6) is 0 Å². The summed E-state index contributed by atoms with van der Waals surface area (Å²) in [4.78, 5) is 11.9. The van der Waals surface area contributed by atoms with Gasteiger partial charge in [-0.1, -0.05) is 42.8 Å². The lowest BCUT2D eigenvalue weighted by Crippen LogP contribution is -2.38. The molecule has 1 aromatic carbocycles. The molecule has 0 radical (unpaired) electrons. The zero-order valence-electron chi connectivity index (χ0n) is 11.4. The predicted octanol–water partition coefficient (Wildman–Crippen LogP) is 3.46. The highest BCUT2D eigenvalue weighted by Crippen LogP contribution is 2.23. The van der Waals surface area contributed by atoms with Crippen molar-refractivity contribution in [2.24, 2.45) is 11.1 Å². The van der Waals surface area contributed by atoms with E-state index in [2.05, 4.69) is 21.2 Å². The molecule has 1 atom stereocenters. The average molecular weight is 313 g/mol. The van der Waals surface area contributed by atoms with Crippen LogP contribution in [0.3, 0.4) is 0 Å². The Morgan fingerprint density at radius 3 is 2.61 bits per heavy atom. The molecule has 1 amide bonds. The zero-order valence-corrected chi connectivity index (χ0v) is 13.0. The summed E-state index contributed by atoms with van der Waals surface area (Å²) in [7, 11) is 0. The van der Waals surface area contributed by atoms with Gasteiger partial charge in [0.15, 0.2) is 0 Å². The largest absolute Gasteiger partial charge is 0.327 e. The van der Waals surface area contributed by atoms with Gasteiger partial charge in [-0.2, -0.15) is 0 Å². The highest BCUT2D eigenvalue weighted by Gasteiger charge is 2.23. The third kappa shape index (κ3) is 4.42. The van der Waals surface area contributed by atoms with Gasteiger partial charge in [0.05, 0.1) is 0 Å². The lowest BCUT2D eigenvalue weighted by molar-refractivity contribution is -0.117. The molecule has 0 fully saturated rings. The standard InChI is InChI=1S/C14H21BrN2O/c1-9-5-6-10(15)7-11(9)17-13(18)8-12(16)14(2,3)4/h5-7,12H,8,16H2,1-4H3,(H,17,18). The summed E-state index contributed by atoms with van der Waals surface area (Å²) in [5.74, 6) is -0.0429. The van der Waals surface area contributed by atoms with E-state index in [1.165, 1.54) is 0 Å². The lowest BCUT2D eigenvalue weighted by atomic mass is 9.85. The molecule has 0 heterocycles. The fourth-order valence-corrected chi connectivity index (χ4v) is 1.80. The molecule has 0 aliphatic heterocycles. The molecule has 18 heavy (non-hydrogen) atoms. The number of rotatable bonds is 3. The van der Waals surface area contributed by atoms with Gasteiger partial charge in [0.2, 0.25) is 5.91 Å². The van der Waals surface area contributed by atoms with E-state index in [4.69, 9.17) is 5.73 Å². The number of carbonyl (C=O) groups excluding carboxylic acids is 1. The molecule has 0 aliphatic rings. The summed E-state index contributed by atoms with van der Waals surface area (Å²) in [5, 5.41) is 2.91. The molecule has 100 valence electrons. The highest BCUT2D eigenvalue weighted by molar-refractivity contribution is 9.10. The van der Waals surface area contributed by atoms with Gasteiger partial charge in [0.25, 0.3) is 0 Å². The van der Waals surface area contributed by atoms with Crippen molar-refractivity contribution in [3.8, 4) is 0 Å². The van der Waals surface area contributed by atoms with Crippen LogP contribution in [-0.2, 0) is 4.79 Å². The Morgan fingerprint density at radius 1 is 1.44 bits per heavy atom. The van der Waals surface area contributed by atoms with Crippen LogP contribution >= 0.6 is 15.9 Å². The molecule has 0 bridgehead atoms. The second kappa shape index (κ2) is 5.85. The molecule has 4 heteroatoms. The maximum atomic E-state index is 11.9. The minimum atomic E-state index is -0.148. The topological polar surface area (TPSA) is 55.1 Å². The lowest BCUT2D eigenvalue weighted by Gasteiger charge is -2.26. The first-order chi connectivity index (χ1) is 8.20. The Morgan fingerprint density at radius 2 is 2.06 bits per heavy atom. The van der Waals surface area contributed by atoms with Crippen LogP contribution in [0.2, 0.25) is 0 Å². The van der Waals surface area contributed by atoms with Crippen molar-refractivity contribution in [2.75, 3.05) is 5.32 Å². The molecular weight excluding hydrogens is 292 g/mol. The number of nitrogens with two attached hydrogens (primary N) is 1. The van der Waals surface area contributed by atoms with Gasteiger partial charge in [-0.3, -0.25) is 4.79 Å². The van der Waals surface area contributed by atoms with E-state index >= 15 is 0 Å². The van der Waals surface area contributed by atoms with E-state index in [1.807, 2.05) is 45.9 Å². The molecule has 3 N–H and O–H groups in total. The maximum absolute atomic E-state index is 11.9. The van der Waals surface area contributed by atoms with Gasteiger partial charge in [0, 0.05) is 22.6 Å². The molecule has 1 aromatic rings. The molecule has 1 unspecified atom stereocenters. The van der Waals surface area contributed by atoms with Crippen LogP contribution in [0, 0.1) is 12.3 Å². The van der Waals surface area contributed by atoms with Crippen molar-refractivity contribution in [2.45, 2.75) is 40.2 Å². The molecule has 0 aliphatic carbocycles. The van der Waals surface area contributed by atoms with Crippen LogP contribution in [0.4, 0.5) is 5.69 Å². The van der Waals surface area contributed by atoms with E-state index in [9.17, 15) is 4.79 Å².